The number of amides is 5. The van der Waals surface area contributed by atoms with E-state index in [2.05, 4.69) is 45.7 Å². The van der Waals surface area contributed by atoms with Crippen LogP contribution in [0, 0.1) is 0 Å². The molecule has 3 saturated heterocycles. The fraction of sp³-hybridized carbons (Fsp3) is 0.804. The fourth-order valence-electron chi connectivity index (χ4n) is 10.1. The molecule has 19 atom stereocenters. The number of unbranched alkanes of at least 4 members (excludes halogenated alkanes) is 11. The van der Waals surface area contributed by atoms with E-state index in [-0.39, 0.29) is 6.42 Å². The summed E-state index contributed by atoms with van der Waals surface area (Å²) < 4.78 is 40.2. The maximum Gasteiger partial charge on any atom is 0.221 e. The molecule has 31 heteroatoms. The summed E-state index contributed by atoms with van der Waals surface area (Å²) in [4.78, 5) is 63.0. The van der Waals surface area contributed by atoms with Crippen LogP contribution in [0.25, 0.3) is 0 Å². The summed E-state index contributed by atoms with van der Waals surface area (Å²) >= 11 is 0. The van der Waals surface area contributed by atoms with Crippen LogP contribution >= 0.6 is 0 Å². The van der Waals surface area contributed by atoms with Crippen molar-refractivity contribution in [1.82, 2.24) is 26.6 Å². The Balaban J connectivity index is 1.87. The van der Waals surface area contributed by atoms with Crippen LogP contribution < -0.4 is 26.6 Å². The Bertz CT molecular complexity index is 2180. The second-order valence-electron chi connectivity index (χ2n) is 21.7. The lowest BCUT2D eigenvalue weighted by atomic mass is 9.96. The molecule has 31 nitrogen and oxygen atoms in total. The molecule has 0 spiro atoms. The van der Waals surface area contributed by atoms with E-state index >= 15 is 0 Å². The maximum atomic E-state index is 13.3. The summed E-state index contributed by atoms with van der Waals surface area (Å²) in [6.07, 6.45) is -14.2. The number of hydrogen-bond acceptors (Lipinski definition) is 26. The Morgan fingerprint density at radius 3 is 1.32 bits per heavy atom. The van der Waals surface area contributed by atoms with E-state index in [0.29, 0.717) is 6.42 Å². The monoisotopic (exact) mass is 1260 g/mol. The van der Waals surface area contributed by atoms with Crippen LogP contribution in [0.15, 0.2) is 35.1 Å². The SMILES string of the molecule is CCCCCC/C=C\CCCCCCCCCC(=O)NC1C(OC(CCO)/C(O)=C(/NC(C)=O)C(O)OC2C(CO)OC(OC(CCO)/C(O)=C(/NC(C)=O)C(O)OC3C(CO)OC(O)C(NC(C)=O)C3O)C(NC(C)=O)C2O)OC(CO)C(O)C1O. The number of hydrogen-bond donors (Lipinski definition) is 19. The summed E-state index contributed by atoms with van der Waals surface area (Å²) in [5.41, 5.74) is -1.83. The highest BCUT2D eigenvalue weighted by molar-refractivity contribution is 5.77. The van der Waals surface area contributed by atoms with E-state index in [4.69, 9.17) is 33.2 Å². The summed E-state index contributed by atoms with van der Waals surface area (Å²) in [5, 5.41) is 164. The van der Waals surface area contributed by atoms with Crippen molar-refractivity contribution >= 4 is 29.5 Å². The molecule has 0 aromatic rings. The van der Waals surface area contributed by atoms with E-state index in [1.54, 1.807) is 0 Å². The van der Waals surface area contributed by atoms with Crippen LogP contribution in [0.2, 0.25) is 0 Å². The van der Waals surface area contributed by atoms with Crippen molar-refractivity contribution in [3.05, 3.63) is 35.1 Å². The lowest BCUT2D eigenvalue weighted by Crippen LogP contribution is -2.66. The van der Waals surface area contributed by atoms with Gasteiger partial charge in [-0.25, -0.2) is 0 Å². The highest BCUT2D eigenvalue weighted by atomic mass is 16.7. The molecule has 0 radical (unpaired) electrons. The first kappa shape index (κ1) is 76.7. The van der Waals surface area contributed by atoms with Crippen LogP contribution in [-0.2, 0) is 57.1 Å². The van der Waals surface area contributed by atoms with Crippen LogP contribution in [0.1, 0.15) is 137 Å². The van der Waals surface area contributed by atoms with Gasteiger partial charge in [0.05, 0.1) is 19.8 Å². The summed E-state index contributed by atoms with van der Waals surface area (Å²) in [6.45, 7) is 1.61. The molecule has 87 heavy (non-hydrogen) atoms. The summed E-state index contributed by atoms with van der Waals surface area (Å²) in [5.74, 6) is -6.30. The average molecular weight is 1260 g/mol. The number of nitrogens with one attached hydrogen (secondary N) is 5. The molecule has 3 heterocycles. The molecule has 19 unspecified atom stereocenters. The number of aliphatic hydroxyl groups is 14. The normalized spacial score (nSPS) is 29.6. The predicted molar refractivity (Wildman–Crippen MR) is 302 cm³/mol. The molecule has 3 fully saturated rings. The van der Waals surface area contributed by atoms with E-state index in [1.807, 2.05) is 0 Å². The molecule has 0 aliphatic carbocycles. The molecule has 0 bridgehead atoms. The highest BCUT2D eigenvalue weighted by Gasteiger charge is 2.51. The Hall–Kier alpha value is -4.59. The van der Waals surface area contributed by atoms with Gasteiger partial charge in [-0.2, -0.15) is 0 Å². The van der Waals surface area contributed by atoms with Gasteiger partial charge < -0.3 is 131 Å². The van der Waals surface area contributed by atoms with Crippen LogP contribution in [0.5, 0.6) is 0 Å². The van der Waals surface area contributed by atoms with E-state index in [0.717, 1.165) is 79.1 Å². The zero-order chi connectivity index (χ0) is 64.9. The van der Waals surface area contributed by atoms with Crippen LogP contribution in [0.4, 0.5) is 0 Å². The zero-order valence-electron chi connectivity index (χ0n) is 50.1. The largest absolute Gasteiger partial charge is 0.507 e. The number of ether oxygens (including phenoxy) is 7. The first-order chi connectivity index (χ1) is 41.4. The van der Waals surface area contributed by atoms with Crippen molar-refractivity contribution in [1.29, 1.82) is 0 Å². The Morgan fingerprint density at radius 2 is 0.885 bits per heavy atom. The van der Waals surface area contributed by atoms with Crippen molar-refractivity contribution in [2.45, 2.75) is 254 Å². The molecule has 0 aromatic carbocycles. The van der Waals surface area contributed by atoms with Gasteiger partial charge in [-0.1, -0.05) is 70.4 Å². The predicted octanol–water partition coefficient (Wildman–Crippen LogP) is -3.14. The number of rotatable bonds is 39. The number of aliphatic hydroxyl groups excluding tert-OH is 14. The lowest BCUT2D eigenvalue weighted by molar-refractivity contribution is -0.303. The molecule has 3 rings (SSSR count). The second-order valence-corrected chi connectivity index (χ2v) is 21.7. The molecule has 3 aliphatic heterocycles. The van der Waals surface area contributed by atoms with Crippen molar-refractivity contribution in [3.8, 4) is 0 Å². The van der Waals surface area contributed by atoms with Crippen molar-refractivity contribution in [3.63, 3.8) is 0 Å². The second kappa shape index (κ2) is 40.2. The van der Waals surface area contributed by atoms with Crippen molar-refractivity contribution in [2.75, 3.05) is 33.0 Å². The molecule has 0 saturated carbocycles. The highest BCUT2D eigenvalue weighted by Crippen LogP contribution is 2.32. The number of carbonyl (C=O) groups excluding carboxylic acids is 5. The van der Waals surface area contributed by atoms with Crippen LogP contribution in [-0.4, -0.2) is 251 Å². The van der Waals surface area contributed by atoms with E-state index in [1.165, 1.54) is 25.7 Å². The molecular formula is C56H97N5O26. The average Bonchev–Trinajstić information content (AvgIpc) is 1.12. The third-order valence-electron chi connectivity index (χ3n) is 14.6. The fourth-order valence-corrected chi connectivity index (χ4v) is 10.1. The molecule has 5 amide bonds. The molecule has 19 N–H and O–H groups in total. The van der Waals surface area contributed by atoms with E-state index < -0.39 is 215 Å². The zero-order valence-corrected chi connectivity index (χ0v) is 50.1. The lowest BCUT2D eigenvalue weighted by Gasteiger charge is -2.45. The molecule has 0 aromatic heterocycles. The van der Waals surface area contributed by atoms with E-state index in [9.17, 15) is 95.5 Å². The Kier molecular flexibility index (Phi) is 35.4. The Morgan fingerprint density at radius 1 is 0.483 bits per heavy atom. The van der Waals surface area contributed by atoms with Crippen molar-refractivity contribution in [2.24, 2.45) is 0 Å². The minimum atomic E-state index is -2.55. The van der Waals surface area contributed by atoms with Gasteiger partial charge in [0, 0.05) is 60.2 Å². The number of allylic oxidation sites excluding steroid dienone is 2. The third kappa shape index (κ3) is 24.6. The minimum Gasteiger partial charge on any atom is -0.507 e. The van der Waals surface area contributed by atoms with Gasteiger partial charge in [0.1, 0.15) is 108 Å². The smallest absolute Gasteiger partial charge is 0.221 e. The molecule has 502 valence electrons. The van der Waals surface area contributed by atoms with Gasteiger partial charge in [0.25, 0.3) is 0 Å². The third-order valence-corrected chi connectivity index (χ3v) is 14.6. The van der Waals surface area contributed by atoms with Gasteiger partial charge in [0.2, 0.25) is 29.5 Å². The molecule has 3 aliphatic rings. The quantitative estimate of drug-likeness (QED) is 0.0125. The summed E-state index contributed by atoms with van der Waals surface area (Å²) in [6, 6.07) is -4.99. The van der Waals surface area contributed by atoms with Gasteiger partial charge in [0.15, 0.2) is 31.5 Å². The first-order valence-corrected chi connectivity index (χ1v) is 29.7. The van der Waals surface area contributed by atoms with Crippen LogP contribution in [0.3, 0.4) is 0 Å². The first-order valence-electron chi connectivity index (χ1n) is 29.7. The standard InChI is InChI=1S/C56H97N5O26/c1-6-7-8-9-10-11-12-13-14-15-16-17-18-19-20-21-38(71)61-42-47(75)46(74)35(26-64)84-55(42)82-33(22-24-62)44(72)40(58-30(3)68)54(80)87-51-37(28-66)85-56(43(49(51)77)60-32(5)70)83-34(23-25-63)45(73)39(57-29(2)67)53(79)86-50-36(27-65)81-52(78)41(48(50)76)59-31(4)69/h11-12,33-37,41-43,46-56,62-66,72-80H,6-10,13-28H2,1-5H3,(H,57,67)(H,58,68)(H,59,69)(H,60,70)(H,61,71)/b12-11-,44-40-,45-39-. The number of carbonyl (C=O) groups is 5. The van der Waals surface area contributed by atoms with Gasteiger partial charge in [-0.05, 0) is 32.1 Å². The minimum absolute atomic E-state index is 0.00290. The molecular weight excluding hydrogens is 1160 g/mol. The van der Waals surface area contributed by atoms with Crippen molar-refractivity contribution < 1.29 is 129 Å². The maximum absolute atomic E-state index is 13.3. The Labute approximate surface area is 505 Å². The topological polar surface area (TPSA) is 493 Å². The van der Waals surface area contributed by atoms with Gasteiger partial charge >= 0.3 is 0 Å². The van der Waals surface area contributed by atoms with Gasteiger partial charge in [-0.15, -0.1) is 0 Å². The van der Waals surface area contributed by atoms with Gasteiger partial charge in [-0.3, -0.25) is 24.0 Å². The summed E-state index contributed by atoms with van der Waals surface area (Å²) in [7, 11) is 0.